The van der Waals surface area contributed by atoms with Crippen LogP contribution in [-0.4, -0.2) is 17.4 Å². The van der Waals surface area contributed by atoms with Gasteiger partial charge in [-0.3, -0.25) is 4.79 Å². The molecule has 0 spiro atoms. The van der Waals surface area contributed by atoms with Crippen molar-refractivity contribution < 1.29 is 4.79 Å². The van der Waals surface area contributed by atoms with Crippen LogP contribution in [0.4, 0.5) is 0 Å². The van der Waals surface area contributed by atoms with Crippen LogP contribution in [0.15, 0.2) is 42.7 Å². The summed E-state index contributed by atoms with van der Waals surface area (Å²) < 4.78 is 0. The monoisotopic (exact) mass is 256 g/mol. The Balaban J connectivity index is 1.67. The molecular formula is C16H20N2O. The summed E-state index contributed by atoms with van der Waals surface area (Å²) in [5.41, 5.74) is 3.69. The molecule has 0 unspecified atom stereocenters. The fraction of sp³-hybridized carbons (Fsp3) is 0.312. The van der Waals surface area contributed by atoms with Gasteiger partial charge in [0.05, 0.1) is 0 Å². The molecule has 0 atom stereocenters. The standard InChI is InChI=1S/C16H20N2O/c1-13-3-2-4-14(11-13)5-6-16(19)18-10-8-15-7-9-17-12-15/h2-4,7,9,11-12,17H,5-6,8,10H2,1H3,(H,18,19). The lowest BCUT2D eigenvalue weighted by molar-refractivity contribution is -0.121. The molecule has 0 aliphatic carbocycles. The smallest absolute Gasteiger partial charge is 0.220 e. The molecule has 1 amide bonds. The van der Waals surface area contributed by atoms with E-state index in [1.807, 2.05) is 24.5 Å². The molecule has 2 N–H and O–H groups in total. The van der Waals surface area contributed by atoms with Crippen LogP contribution in [0.5, 0.6) is 0 Å². The van der Waals surface area contributed by atoms with Crippen molar-refractivity contribution in [3.8, 4) is 0 Å². The Morgan fingerprint density at radius 1 is 1.21 bits per heavy atom. The van der Waals surface area contributed by atoms with Crippen molar-refractivity contribution in [3.63, 3.8) is 0 Å². The topological polar surface area (TPSA) is 44.9 Å². The molecule has 0 saturated heterocycles. The summed E-state index contributed by atoms with van der Waals surface area (Å²) >= 11 is 0. The van der Waals surface area contributed by atoms with Gasteiger partial charge in [0.1, 0.15) is 0 Å². The van der Waals surface area contributed by atoms with Gasteiger partial charge < -0.3 is 10.3 Å². The highest BCUT2D eigenvalue weighted by molar-refractivity contribution is 5.76. The number of carbonyl (C=O) groups excluding carboxylic acids is 1. The minimum absolute atomic E-state index is 0.122. The van der Waals surface area contributed by atoms with Gasteiger partial charge in [-0.15, -0.1) is 0 Å². The summed E-state index contributed by atoms with van der Waals surface area (Å²) in [5.74, 6) is 0.122. The number of hydrogen-bond donors (Lipinski definition) is 2. The molecule has 0 saturated carbocycles. The average molecular weight is 256 g/mol. The van der Waals surface area contributed by atoms with Gasteiger partial charge in [-0.25, -0.2) is 0 Å². The maximum Gasteiger partial charge on any atom is 0.220 e. The summed E-state index contributed by atoms with van der Waals surface area (Å²) in [5, 5.41) is 2.95. The lowest BCUT2D eigenvalue weighted by Crippen LogP contribution is -2.25. The highest BCUT2D eigenvalue weighted by Crippen LogP contribution is 2.06. The lowest BCUT2D eigenvalue weighted by Gasteiger charge is -2.05. The second-order valence-corrected chi connectivity index (χ2v) is 4.81. The van der Waals surface area contributed by atoms with Gasteiger partial charge in [-0.05, 0) is 37.0 Å². The van der Waals surface area contributed by atoms with E-state index in [0.29, 0.717) is 13.0 Å². The lowest BCUT2D eigenvalue weighted by atomic mass is 10.1. The first-order valence-corrected chi connectivity index (χ1v) is 6.68. The fourth-order valence-corrected chi connectivity index (χ4v) is 2.07. The summed E-state index contributed by atoms with van der Waals surface area (Å²) in [6.45, 7) is 2.77. The number of hydrogen-bond acceptors (Lipinski definition) is 1. The molecule has 2 aromatic rings. The quantitative estimate of drug-likeness (QED) is 0.820. The predicted molar refractivity (Wildman–Crippen MR) is 77.0 cm³/mol. The van der Waals surface area contributed by atoms with Crippen molar-refractivity contribution in [1.82, 2.24) is 10.3 Å². The van der Waals surface area contributed by atoms with Crippen LogP contribution in [0.25, 0.3) is 0 Å². The number of benzene rings is 1. The van der Waals surface area contributed by atoms with E-state index in [1.165, 1.54) is 16.7 Å². The van der Waals surface area contributed by atoms with E-state index in [9.17, 15) is 4.79 Å². The zero-order valence-corrected chi connectivity index (χ0v) is 11.3. The number of H-pyrrole nitrogens is 1. The molecule has 19 heavy (non-hydrogen) atoms. The molecule has 1 aromatic carbocycles. The number of aromatic nitrogens is 1. The third-order valence-corrected chi connectivity index (χ3v) is 3.12. The van der Waals surface area contributed by atoms with E-state index >= 15 is 0 Å². The normalized spacial score (nSPS) is 10.4. The summed E-state index contributed by atoms with van der Waals surface area (Å²) in [6, 6.07) is 10.3. The Hall–Kier alpha value is -2.03. The maximum atomic E-state index is 11.7. The highest BCUT2D eigenvalue weighted by atomic mass is 16.1. The van der Waals surface area contributed by atoms with Crippen LogP contribution in [0, 0.1) is 6.92 Å². The van der Waals surface area contributed by atoms with Crippen LogP contribution in [0.2, 0.25) is 0 Å². The van der Waals surface area contributed by atoms with Crippen LogP contribution < -0.4 is 5.32 Å². The van der Waals surface area contributed by atoms with Gasteiger partial charge in [0.15, 0.2) is 0 Å². The molecule has 0 bridgehead atoms. The second-order valence-electron chi connectivity index (χ2n) is 4.81. The van der Waals surface area contributed by atoms with Crippen LogP contribution in [0.1, 0.15) is 23.1 Å². The SMILES string of the molecule is Cc1cccc(CCC(=O)NCCc2cc[nH]c2)c1. The molecule has 0 radical (unpaired) electrons. The average Bonchev–Trinajstić information content (AvgIpc) is 2.90. The number of nitrogens with one attached hydrogen (secondary N) is 2. The van der Waals surface area contributed by atoms with Crippen LogP contribution in [-0.2, 0) is 17.6 Å². The molecule has 0 aliphatic rings. The summed E-state index contributed by atoms with van der Waals surface area (Å²) in [6.07, 6.45) is 6.09. The zero-order valence-electron chi connectivity index (χ0n) is 11.3. The molecule has 100 valence electrons. The Labute approximate surface area is 114 Å². The predicted octanol–water partition coefficient (Wildman–Crippen LogP) is 2.61. The molecule has 0 fully saturated rings. The van der Waals surface area contributed by atoms with Gasteiger partial charge >= 0.3 is 0 Å². The second kappa shape index (κ2) is 6.78. The first kappa shape index (κ1) is 13.4. The molecule has 3 nitrogen and oxygen atoms in total. The van der Waals surface area contributed by atoms with Crippen LogP contribution in [0.3, 0.4) is 0 Å². The zero-order chi connectivity index (χ0) is 13.5. The summed E-state index contributed by atoms with van der Waals surface area (Å²) in [7, 11) is 0. The van der Waals surface area contributed by atoms with Crippen molar-refractivity contribution in [3.05, 3.63) is 59.4 Å². The number of rotatable bonds is 6. The molecule has 2 rings (SSSR count). The molecule has 1 aromatic heterocycles. The Morgan fingerprint density at radius 3 is 2.84 bits per heavy atom. The van der Waals surface area contributed by atoms with Crippen molar-refractivity contribution in [2.24, 2.45) is 0 Å². The number of aromatic amines is 1. The molecule has 0 aliphatic heterocycles. The Bertz CT molecular complexity index is 517. The van der Waals surface area contributed by atoms with Crippen molar-refractivity contribution in [1.29, 1.82) is 0 Å². The van der Waals surface area contributed by atoms with Crippen LogP contribution >= 0.6 is 0 Å². The Kier molecular flexibility index (Phi) is 4.78. The molecular weight excluding hydrogens is 236 g/mol. The maximum absolute atomic E-state index is 11.7. The summed E-state index contributed by atoms with van der Waals surface area (Å²) in [4.78, 5) is 14.7. The van der Waals surface area contributed by atoms with E-state index < -0.39 is 0 Å². The van der Waals surface area contributed by atoms with E-state index in [2.05, 4.69) is 35.4 Å². The first-order valence-electron chi connectivity index (χ1n) is 6.68. The highest BCUT2D eigenvalue weighted by Gasteiger charge is 2.02. The Morgan fingerprint density at radius 2 is 2.11 bits per heavy atom. The van der Waals surface area contributed by atoms with Gasteiger partial charge in [0, 0.05) is 25.4 Å². The van der Waals surface area contributed by atoms with E-state index in [4.69, 9.17) is 0 Å². The third-order valence-electron chi connectivity index (χ3n) is 3.12. The minimum Gasteiger partial charge on any atom is -0.367 e. The number of aryl methyl sites for hydroxylation is 2. The van der Waals surface area contributed by atoms with Crippen molar-refractivity contribution in [2.75, 3.05) is 6.54 Å². The largest absolute Gasteiger partial charge is 0.367 e. The van der Waals surface area contributed by atoms with Gasteiger partial charge in [-0.1, -0.05) is 29.8 Å². The number of carbonyl (C=O) groups is 1. The van der Waals surface area contributed by atoms with Crippen molar-refractivity contribution >= 4 is 5.91 Å². The van der Waals surface area contributed by atoms with Gasteiger partial charge in [0.2, 0.25) is 5.91 Å². The molecule has 3 heteroatoms. The van der Waals surface area contributed by atoms with E-state index in [-0.39, 0.29) is 5.91 Å². The number of amides is 1. The van der Waals surface area contributed by atoms with E-state index in [0.717, 1.165) is 12.8 Å². The fourth-order valence-electron chi connectivity index (χ4n) is 2.07. The first-order chi connectivity index (χ1) is 9.24. The van der Waals surface area contributed by atoms with Crippen molar-refractivity contribution in [2.45, 2.75) is 26.2 Å². The van der Waals surface area contributed by atoms with Gasteiger partial charge in [-0.2, -0.15) is 0 Å². The minimum atomic E-state index is 0.122. The van der Waals surface area contributed by atoms with E-state index in [1.54, 1.807) is 0 Å². The van der Waals surface area contributed by atoms with Gasteiger partial charge in [0.25, 0.3) is 0 Å². The third kappa shape index (κ3) is 4.62. The molecule has 1 heterocycles.